The molecular weight excluding hydrogens is 489 g/mol. The van der Waals surface area contributed by atoms with Crippen LogP contribution < -0.4 is 11.1 Å². The minimum absolute atomic E-state index is 0. The molecule has 2 aliphatic rings. The highest BCUT2D eigenvalue weighted by Crippen LogP contribution is 2.42. The topological polar surface area (TPSA) is 71.5 Å². The summed E-state index contributed by atoms with van der Waals surface area (Å²) in [6, 6.07) is 6.18. The highest BCUT2D eigenvalue weighted by Gasteiger charge is 2.41. The molecule has 158 valence electrons. The Morgan fingerprint density at radius 1 is 1.28 bits per heavy atom. The number of rotatable bonds is 5. The molecule has 0 bridgehead atoms. The van der Waals surface area contributed by atoms with Crippen molar-refractivity contribution in [3.05, 3.63) is 47.8 Å². The largest absolute Gasteiger partial charge is 0.370 e. The molecule has 1 saturated carbocycles. The monoisotopic (exact) mass is 516 g/mol. The van der Waals surface area contributed by atoms with Crippen LogP contribution in [0.1, 0.15) is 37.4 Å². The summed E-state index contributed by atoms with van der Waals surface area (Å²) < 4.78 is 29.1. The van der Waals surface area contributed by atoms with Crippen LogP contribution in [0.15, 0.2) is 35.5 Å². The summed E-state index contributed by atoms with van der Waals surface area (Å²) in [5.41, 5.74) is 7.14. The average molecular weight is 516 g/mol. The Kier molecular flexibility index (Phi) is 7.10. The maximum atomic E-state index is 13.8. The fourth-order valence-corrected chi connectivity index (χ4v) is 4.18. The Morgan fingerprint density at radius 3 is 2.76 bits per heavy atom. The number of nitrogens with two attached hydrogens (primary N) is 1. The van der Waals surface area contributed by atoms with Gasteiger partial charge in [-0.3, -0.25) is 14.6 Å². The summed E-state index contributed by atoms with van der Waals surface area (Å²) in [6.07, 6.45) is 6.48. The number of aryl methyl sites for hydroxylation is 1. The molecule has 0 amide bonds. The third-order valence-corrected chi connectivity index (χ3v) is 5.66. The van der Waals surface area contributed by atoms with Crippen molar-refractivity contribution in [1.29, 1.82) is 0 Å². The first-order valence-corrected chi connectivity index (χ1v) is 9.78. The number of benzene rings is 1. The molecule has 1 aromatic carbocycles. The molecule has 1 aliphatic carbocycles. The van der Waals surface area contributed by atoms with Gasteiger partial charge in [0.2, 0.25) is 0 Å². The van der Waals surface area contributed by atoms with Crippen LogP contribution in [-0.2, 0) is 7.05 Å². The van der Waals surface area contributed by atoms with Crippen LogP contribution in [0.3, 0.4) is 0 Å². The van der Waals surface area contributed by atoms with E-state index in [1.165, 1.54) is 18.5 Å². The average Bonchev–Trinajstić information content (AvgIpc) is 3.44. The van der Waals surface area contributed by atoms with Crippen molar-refractivity contribution in [1.82, 2.24) is 14.7 Å². The van der Waals surface area contributed by atoms with Gasteiger partial charge in [-0.2, -0.15) is 5.10 Å². The first kappa shape index (κ1) is 21.9. The van der Waals surface area contributed by atoms with Crippen molar-refractivity contribution in [3.8, 4) is 0 Å². The third kappa shape index (κ3) is 5.06. The summed E-state index contributed by atoms with van der Waals surface area (Å²) in [4.78, 5) is 7.04. The molecule has 1 aliphatic heterocycles. The number of hydrogen-bond donors (Lipinski definition) is 2. The number of aromatic nitrogens is 2. The Bertz CT molecular complexity index is 866. The SMILES string of the molecule is Cn1nccc1[C@H]1[C@H](CN=C(N)Nc2cc(F)ccc2F)CCCN1C1CC1.I. The van der Waals surface area contributed by atoms with Gasteiger partial charge in [0.15, 0.2) is 5.96 Å². The van der Waals surface area contributed by atoms with Crippen LogP contribution in [0.5, 0.6) is 0 Å². The standard InChI is InChI=1S/C20H26F2N6.HI/c1-27-18(8-9-25-27)19-13(3-2-10-28(19)15-5-6-15)12-24-20(23)26-17-11-14(21)4-7-16(17)22;/h4,7-9,11,13,15,19H,2-3,5-6,10,12H2,1H3,(H3,23,24,26);1H/t13-,19+;/m0./s1. The van der Waals surface area contributed by atoms with Crippen LogP contribution in [-0.4, -0.2) is 39.8 Å². The maximum Gasteiger partial charge on any atom is 0.193 e. The molecule has 2 fully saturated rings. The van der Waals surface area contributed by atoms with E-state index in [4.69, 9.17) is 5.73 Å². The molecule has 2 aromatic rings. The number of hydrogen-bond acceptors (Lipinski definition) is 3. The van der Waals surface area contributed by atoms with Gasteiger partial charge in [-0.15, -0.1) is 24.0 Å². The van der Waals surface area contributed by atoms with Gasteiger partial charge in [-0.25, -0.2) is 8.78 Å². The smallest absolute Gasteiger partial charge is 0.193 e. The number of halogens is 3. The maximum absolute atomic E-state index is 13.8. The number of guanidine groups is 1. The van der Waals surface area contributed by atoms with E-state index in [0.717, 1.165) is 37.6 Å². The van der Waals surface area contributed by atoms with Crippen molar-refractivity contribution in [3.63, 3.8) is 0 Å². The number of nitrogens with one attached hydrogen (secondary N) is 1. The molecule has 6 nitrogen and oxygen atoms in total. The molecule has 0 radical (unpaired) electrons. The summed E-state index contributed by atoms with van der Waals surface area (Å²) in [6.45, 7) is 1.61. The lowest BCUT2D eigenvalue weighted by Gasteiger charge is -2.41. The Balaban J connectivity index is 0.00000240. The summed E-state index contributed by atoms with van der Waals surface area (Å²) in [7, 11) is 1.97. The first-order chi connectivity index (χ1) is 13.5. The number of likely N-dealkylation sites (tertiary alicyclic amines) is 1. The van der Waals surface area contributed by atoms with E-state index in [2.05, 4.69) is 26.4 Å². The van der Waals surface area contributed by atoms with Crippen LogP contribution in [0, 0.1) is 17.6 Å². The van der Waals surface area contributed by atoms with Gasteiger partial charge in [-0.05, 0) is 56.3 Å². The zero-order chi connectivity index (χ0) is 19.7. The molecular formula is C20H27F2IN6. The van der Waals surface area contributed by atoms with Crippen molar-refractivity contribution in [2.75, 3.05) is 18.4 Å². The lowest BCUT2D eigenvalue weighted by molar-refractivity contribution is 0.0824. The molecule has 2 atom stereocenters. The number of aliphatic imine (C=N–C) groups is 1. The number of piperidine rings is 1. The lowest BCUT2D eigenvalue weighted by atomic mass is 9.86. The van der Waals surface area contributed by atoms with Crippen molar-refractivity contribution < 1.29 is 8.78 Å². The molecule has 0 unspecified atom stereocenters. The van der Waals surface area contributed by atoms with Crippen LogP contribution in [0.25, 0.3) is 0 Å². The highest BCUT2D eigenvalue weighted by atomic mass is 127. The Labute approximate surface area is 186 Å². The molecule has 0 spiro atoms. The van der Waals surface area contributed by atoms with Crippen molar-refractivity contribution >= 4 is 35.6 Å². The Hall–Kier alpha value is -1.75. The molecule has 3 N–H and O–H groups in total. The van der Waals surface area contributed by atoms with Crippen molar-refractivity contribution in [2.24, 2.45) is 23.7 Å². The second kappa shape index (κ2) is 9.38. The number of anilines is 1. The predicted octanol–water partition coefficient (Wildman–Crippen LogP) is 3.66. The van der Waals surface area contributed by atoms with E-state index < -0.39 is 11.6 Å². The Morgan fingerprint density at radius 2 is 2.07 bits per heavy atom. The van der Waals surface area contributed by atoms with E-state index in [1.807, 2.05) is 17.9 Å². The van der Waals surface area contributed by atoms with E-state index in [9.17, 15) is 8.78 Å². The molecule has 1 saturated heterocycles. The normalized spacial score (nSPS) is 22.9. The van der Waals surface area contributed by atoms with E-state index in [1.54, 1.807) is 0 Å². The van der Waals surface area contributed by atoms with Gasteiger partial charge < -0.3 is 11.1 Å². The second-order valence-electron chi connectivity index (χ2n) is 7.67. The van der Waals surface area contributed by atoms with Gasteiger partial charge >= 0.3 is 0 Å². The van der Waals surface area contributed by atoms with Crippen molar-refractivity contribution in [2.45, 2.75) is 37.8 Å². The zero-order valence-electron chi connectivity index (χ0n) is 16.4. The minimum Gasteiger partial charge on any atom is -0.370 e. The summed E-state index contributed by atoms with van der Waals surface area (Å²) in [5, 5.41) is 7.03. The third-order valence-electron chi connectivity index (χ3n) is 5.66. The molecule has 1 aromatic heterocycles. The lowest BCUT2D eigenvalue weighted by Crippen LogP contribution is -2.42. The van der Waals surface area contributed by atoms with Gasteiger partial charge in [-0.1, -0.05) is 0 Å². The van der Waals surface area contributed by atoms with E-state index in [0.29, 0.717) is 18.5 Å². The highest BCUT2D eigenvalue weighted by molar-refractivity contribution is 14.0. The predicted molar refractivity (Wildman–Crippen MR) is 120 cm³/mol. The molecule has 9 heteroatoms. The van der Waals surface area contributed by atoms with Gasteiger partial charge in [0.1, 0.15) is 11.6 Å². The van der Waals surface area contributed by atoms with Crippen LogP contribution >= 0.6 is 24.0 Å². The summed E-state index contributed by atoms with van der Waals surface area (Å²) in [5.74, 6) is -0.704. The molecule has 29 heavy (non-hydrogen) atoms. The van der Waals surface area contributed by atoms with Crippen LogP contribution in [0.4, 0.5) is 14.5 Å². The van der Waals surface area contributed by atoms with E-state index >= 15 is 0 Å². The minimum atomic E-state index is -0.565. The first-order valence-electron chi connectivity index (χ1n) is 9.78. The molecule has 2 heterocycles. The van der Waals surface area contributed by atoms with Gasteiger partial charge in [0.25, 0.3) is 0 Å². The zero-order valence-corrected chi connectivity index (χ0v) is 18.7. The van der Waals surface area contributed by atoms with Crippen LogP contribution in [0.2, 0.25) is 0 Å². The summed E-state index contributed by atoms with van der Waals surface area (Å²) >= 11 is 0. The van der Waals surface area contributed by atoms with Gasteiger partial charge in [0.05, 0.1) is 17.4 Å². The van der Waals surface area contributed by atoms with E-state index in [-0.39, 0.29) is 41.7 Å². The fourth-order valence-electron chi connectivity index (χ4n) is 4.18. The quantitative estimate of drug-likeness (QED) is 0.362. The fraction of sp³-hybridized carbons (Fsp3) is 0.500. The number of nitrogens with zero attached hydrogens (tertiary/aromatic N) is 4. The molecule has 4 rings (SSSR count). The second-order valence-corrected chi connectivity index (χ2v) is 7.67. The van der Waals surface area contributed by atoms with Gasteiger partial charge in [0, 0.05) is 31.9 Å².